The number of aromatic nitrogens is 2. The van der Waals surface area contributed by atoms with E-state index in [1.807, 2.05) is 56.3 Å². The molecule has 1 heterocycles. The van der Waals surface area contributed by atoms with Crippen molar-refractivity contribution >= 4 is 11.6 Å². The number of nitrogens with zero attached hydrogens (tertiary/aromatic N) is 2. The maximum absolute atomic E-state index is 12.2. The van der Waals surface area contributed by atoms with E-state index >= 15 is 0 Å². The summed E-state index contributed by atoms with van der Waals surface area (Å²) in [7, 11) is 1.58. The number of methoxy groups -OCH3 is 1. The van der Waals surface area contributed by atoms with Gasteiger partial charge in [0.2, 0.25) is 17.7 Å². The van der Waals surface area contributed by atoms with Crippen molar-refractivity contribution in [2.75, 3.05) is 12.4 Å². The number of amides is 1. The Hall–Kier alpha value is -3.15. The van der Waals surface area contributed by atoms with Crippen LogP contribution in [0.2, 0.25) is 0 Å². The van der Waals surface area contributed by atoms with Crippen molar-refractivity contribution in [3.8, 4) is 17.2 Å². The monoisotopic (exact) mass is 351 g/mol. The van der Waals surface area contributed by atoms with Gasteiger partial charge in [0.25, 0.3) is 0 Å². The quantitative estimate of drug-likeness (QED) is 0.728. The first-order chi connectivity index (χ1) is 12.6. The molecular weight excluding hydrogens is 330 g/mol. The van der Waals surface area contributed by atoms with Crippen LogP contribution < -0.4 is 10.1 Å². The van der Waals surface area contributed by atoms with Crippen LogP contribution in [0.5, 0.6) is 5.75 Å². The molecule has 1 aromatic heterocycles. The predicted molar refractivity (Wildman–Crippen MR) is 99.2 cm³/mol. The number of nitrogens with one attached hydrogen (secondary N) is 1. The van der Waals surface area contributed by atoms with E-state index in [1.165, 1.54) is 0 Å². The summed E-state index contributed by atoms with van der Waals surface area (Å²) in [6.45, 7) is 3.95. The minimum atomic E-state index is -0.135. The number of hydrogen-bond donors (Lipinski definition) is 1. The molecular formula is C20H21N3O3. The maximum atomic E-state index is 12.2. The molecule has 0 radical (unpaired) electrons. The van der Waals surface area contributed by atoms with Crippen molar-refractivity contribution in [2.24, 2.45) is 0 Å². The fourth-order valence-electron chi connectivity index (χ4n) is 2.63. The Morgan fingerprint density at radius 2 is 1.96 bits per heavy atom. The lowest BCUT2D eigenvalue weighted by Gasteiger charge is -2.10. The number of anilines is 1. The zero-order valence-electron chi connectivity index (χ0n) is 15.1. The lowest BCUT2D eigenvalue weighted by molar-refractivity contribution is -0.116. The van der Waals surface area contributed by atoms with Crippen LogP contribution >= 0.6 is 0 Å². The van der Waals surface area contributed by atoms with E-state index in [2.05, 4.69) is 15.5 Å². The molecule has 6 heteroatoms. The molecule has 0 aliphatic rings. The molecule has 3 rings (SSSR count). The fourth-order valence-corrected chi connectivity index (χ4v) is 2.63. The smallest absolute Gasteiger partial charge is 0.247 e. The first-order valence-corrected chi connectivity index (χ1v) is 8.39. The molecule has 0 unspecified atom stereocenters. The van der Waals surface area contributed by atoms with Gasteiger partial charge in [-0.2, -0.15) is 0 Å². The Bertz CT molecular complexity index is 918. The van der Waals surface area contributed by atoms with Gasteiger partial charge in [-0.3, -0.25) is 4.79 Å². The third-order valence-electron chi connectivity index (χ3n) is 4.04. The van der Waals surface area contributed by atoms with E-state index in [1.54, 1.807) is 7.11 Å². The largest absolute Gasteiger partial charge is 0.495 e. The van der Waals surface area contributed by atoms with Crippen LogP contribution in [0.25, 0.3) is 11.5 Å². The van der Waals surface area contributed by atoms with Crippen molar-refractivity contribution in [3.05, 3.63) is 59.5 Å². The van der Waals surface area contributed by atoms with Crippen LogP contribution in [0.3, 0.4) is 0 Å². The number of aryl methyl sites for hydroxylation is 3. The molecule has 0 saturated carbocycles. The van der Waals surface area contributed by atoms with Crippen molar-refractivity contribution in [2.45, 2.75) is 26.7 Å². The van der Waals surface area contributed by atoms with Gasteiger partial charge < -0.3 is 14.5 Å². The second-order valence-corrected chi connectivity index (χ2v) is 6.07. The number of hydrogen-bond acceptors (Lipinski definition) is 5. The Morgan fingerprint density at radius 1 is 1.15 bits per heavy atom. The highest BCUT2D eigenvalue weighted by Gasteiger charge is 2.13. The SMILES string of the molecule is COc1ccc(C)cc1NC(=O)CCc1nnc(-c2ccccc2C)o1. The molecule has 2 aromatic carbocycles. The van der Waals surface area contributed by atoms with Gasteiger partial charge in [-0.25, -0.2) is 0 Å². The molecule has 0 aliphatic carbocycles. The number of carbonyl (C=O) groups excluding carboxylic acids is 1. The average Bonchev–Trinajstić information content (AvgIpc) is 3.09. The Labute approximate surface area is 152 Å². The fraction of sp³-hybridized carbons (Fsp3) is 0.250. The summed E-state index contributed by atoms with van der Waals surface area (Å²) in [5.41, 5.74) is 3.66. The van der Waals surface area contributed by atoms with Crippen molar-refractivity contribution in [1.29, 1.82) is 0 Å². The molecule has 0 fully saturated rings. The standard InChI is InChI=1S/C20H21N3O3/c1-13-8-9-17(25-3)16(12-13)21-18(24)10-11-19-22-23-20(26-19)15-7-5-4-6-14(15)2/h4-9,12H,10-11H2,1-3H3,(H,21,24). The summed E-state index contributed by atoms with van der Waals surface area (Å²) in [4.78, 5) is 12.2. The molecule has 3 aromatic rings. The molecule has 6 nitrogen and oxygen atoms in total. The van der Waals surface area contributed by atoms with Gasteiger partial charge in [-0.15, -0.1) is 10.2 Å². The number of rotatable bonds is 6. The van der Waals surface area contributed by atoms with Crippen LogP contribution in [0, 0.1) is 13.8 Å². The first kappa shape index (κ1) is 17.7. The first-order valence-electron chi connectivity index (χ1n) is 8.39. The molecule has 0 spiro atoms. The number of ether oxygens (including phenoxy) is 1. The highest BCUT2D eigenvalue weighted by Crippen LogP contribution is 2.25. The molecule has 0 bridgehead atoms. The second kappa shape index (κ2) is 7.82. The molecule has 0 aliphatic heterocycles. The Kier molecular flexibility index (Phi) is 5.31. The summed E-state index contributed by atoms with van der Waals surface area (Å²) in [5, 5.41) is 11.0. The zero-order valence-corrected chi connectivity index (χ0v) is 15.1. The molecule has 0 atom stereocenters. The van der Waals surface area contributed by atoms with E-state index in [9.17, 15) is 4.79 Å². The third kappa shape index (κ3) is 4.08. The normalized spacial score (nSPS) is 10.6. The van der Waals surface area contributed by atoms with E-state index in [-0.39, 0.29) is 12.3 Å². The van der Waals surface area contributed by atoms with Crippen LogP contribution in [0.4, 0.5) is 5.69 Å². The van der Waals surface area contributed by atoms with E-state index in [4.69, 9.17) is 9.15 Å². The van der Waals surface area contributed by atoms with Crippen molar-refractivity contribution in [3.63, 3.8) is 0 Å². The lowest BCUT2D eigenvalue weighted by Crippen LogP contribution is -2.13. The molecule has 134 valence electrons. The van der Waals surface area contributed by atoms with Gasteiger partial charge in [-0.05, 0) is 43.2 Å². The van der Waals surface area contributed by atoms with E-state index in [0.29, 0.717) is 29.6 Å². The van der Waals surface area contributed by atoms with Crippen LogP contribution in [0.15, 0.2) is 46.9 Å². The van der Waals surface area contributed by atoms with Gasteiger partial charge in [0.05, 0.1) is 12.8 Å². The third-order valence-corrected chi connectivity index (χ3v) is 4.04. The van der Waals surface area contributed by atoms with Gasteiger partial charge in [0.1, 0.15) is 5.75 Å². The van der Waals surface area contributed by atoms with Crippen LogP contribution in [-0.2, 0) is 11.2 Å². The second-order valence-electron chi connectivity index (χ2n) is 6.07. The minimum Gasteiger partial charge on any atom is -0.495 e. The summed E-state index contributed by atoms with van der Waals surface area (Å²) in [6, 6.07) is 13.4. The highest BCUT2D eigenvalue weighted by molar-refractivity contribution is 5.92. The maximum Gasteiger partial charge on any atom is 0.247 e. The summed E-state index contributed by atoms with van der Waals surface area (Å²) in [6.07, 6.45) is 0.616. The van der Waals surface area contributed by atoms with Gasteiger partial charge in [0, 0.05) is 18.4 Å². The number of benzene rings is 2. The topological polar surface area (TPSA) is 77.2 Å². The van der Waals surface area contributed by atoms with Gasteiger partial charge in [-0.1, -0.05) is 24.3 Å². The van der Waals surface area contributed by atoms with Gasteiger partial charge >= 0.3 is 0 Å². The predicted octanol–water partition coefficient (Wildman–Crippen LogP) is 3.93. The Morgan fingerprint density at radius 3 is 2.73 bits per heavy atom. The van der Waals surface area contributed by atoms with Crippen molar-refractivity contribution < 1.29 is 13.9 Å². The summed E-state index contributed by atoms with van der Waals surface area (Å²) < 4.78 is 11.0. The molecule has 1 amide bonds. The highest BCUT2D eigenvalue weighted by atomic mass is 16.5. The molecule has 1 N–H and O–H groups in total. The Balaban J connectivity index is 1.62. The molecule has 26 heavy (non-hydrogen) atoms. The molecule has 0 saturated heterocycles. The lowest BCUT2D eigenvalue weighted by atomic mass is 10.1. The zero-order chi connectivity index (χ0) is 18.5. The average molecular weight is 351 g/mol. The minimum absolute atomic E-state index is 0.135. The van der Waals surface area contributed by atoms with E-state index in [0.717, 1.165) is 16.7 Å². The summed E-state index contributed by atoms with van der Waals surface area (Å²) >= 11 is 0. The summed E-state index contributed by atoms with van der Waals surface area (Å²) in [5.74, 6) is 1.40. The van der Waals surface area contributed by atoms with Crippen LogP contribution in [0.1, 0.15) is 23.4 Å². The van der Waals surface area contributed by atoms with Crippen LogP contribution in [-0.4, -0.2) is 23.2 Å². The van der Waals surface area contributed by atoms with Gasteiger partial charge in [0.15, 0.2) is 0 Å². The number of carbonyl (C=O) groups is 1. The van der Waals surface area contributed by atoms with E-state index < -0.39 is 0 Å². The van der Waals surface area contributed by atoms with Crippen molar-refractivity contribution in [1.82, 2.24) is 10.2 Å².